The topological polar surface area (TPSA) is 57.2 Å². The number of carbonyl (C=O) groups is 1. The van der Waals surface area contributed by atoms with Crippen molar-refractivity contribution < 1.29 is 9.53 Å². The van der Waals surface area contributed by atoms with Crippen molar-refractivity contribution in [1.82, 2.24) is 4.57 Å². The third-order valence-electron chi connectivity index (χ3n) is 5.50. The predicted molar refractivity (Wildman–Crippen MR) is 123 cm³/mol. The van der Waals surface area contributed by atoms with Gasteiger partial charge in [0.05, 0.1) is 12.7 Å². The van der Waals surface area contributed by atoms with Crippen molar-refractivity contribution in [2.24, 2.45) is 5.73 Å². The highest BCUT2D eigenvalue weighted by Crippen LogP contribution is 2.39. The van der Waals surface area contributed by atoms with Crippen LogP contribution in [0.1, 0.15) is 53.5 Å². The third kappa shape index (κ3) is 4.54. The van der Waals surface area contributed by atoms with Gasteiger partial charge in [0.25, 0.3) is 5.91 Å². The highest BCUT2D eigenvalue weighted by Gasteiger charge is 2.26. The molecule has 1 aromatic heterocycles. The summed E-state index contributed by atoms with van der Waals surface area (Å²) in [5.74, 6) is 0.312. The maximum atomic E-state index is 12.6. The molecule has 1 heterocycles. The molecular weight excluding hydrogens is 396 g/mol. The van der Waals surface area contributed by atoms with Crippen LogP contribution in [-0.2, 0) is 13.0 Å². The van der Waals surface area contributed by atoms with Crippen LogP contribution in [0.15, 0.2) is 48.5 Å². The number of rotatable bonds is 9. The molecule has 0 spiro atoms. The lowest BCUT2D eigenvalue weighted by Gasteiger charge is -2.15. The number of hydrogen-bond acceptors (Lipinski definition) is 2. The normalized spacial score (nSPS) is 10.9. The zero-order chi connectivity index (χ0) is 21.7. The van der Waals surface area contributed by atoms with Crippen molar-refractivity contribution in [3.63, 3.8) is 0 Å². The van der Waals surface area contributed by atoms with Gasteiger partial charge in [-0.1, -0.05) is 61.7 Å². The number of amides is 1. The number of aromatic nitrogens is 1. The molecule has 4 nitrogen and oxygen atoms in total. The molecule has 0 saturated heterocycles. The molecule has 0 atom stereocenters. The molecule has 5 heteroatoms. The van der Waals surface area contributed by atoms with E-state index in [1.165, 1.54) is 0 Å². The summed E-state index contributed by atoms with van der Waals surface area (Å²) in [4.78, 5) is 12.6. The fourth-order valence-electron chi connectivity index (χ4n) is 4.07. The molecule has 0 fully saturated rings. The van der Waals surface area contributed by atoms with Crippen LogP contribution < -0.4 is 10.5 Å². The van der Waals surface area contributed by atoms with Gasteiger partial charge in [-0.2, -0.15) is 0 Å². The second-order valence-electron chi connectivity index (χ2n) is 7.52. The fourth-order valence-corrected chi connectivity index (χ4v) is 4.29. The van der Waals surface area contributed by atoms with E-state index >= 15 is 0 Å². The Labute approximate surface area is 183 Å². The molecule has 0 saturated carbocycles. The Morgan fingerprint density at radius 3 is 2.57 bits per heavy atom. The molecule has 0 radical (unpaired) electrons. The van der Waals surface area contributed by atoms with Crippen molar-refractivity contribution in [3.05, 3.63) is 76.1 Å². The Morgan fingerprint density at radius 1 is 1.13 bits per heavy atom. The van der Waals surface area contributed by atoms with Gasteiger partial charge in [-0.3, -0.25) is 4.79 Å². The summed E-state index contributed by atoms with van der Waals surface area (Å²) in [6, 6.07) is 15.6. The van der Waals surface area contributed by atoms with Gasteiger partial charge in [-0.25, -0.2) is 0 Å². The van der Waals surface area contributed by atoms with Crippen molar-refractivity contribution in [2.45, 2.75) is 46.1 Å². The number of para-hydroxylation sites is 1. The first-order valence-electron chi connectivity index (χ1n) is 10.4. The Hall–Kier alpha value is -2.72. The number of benzene rings is 2. The molecule has 1 amide bonds. The van der Waals surface area contributed by atoms with E-state index in [0.717, 1.165) is 59.5 Å². The van der Waals surface area contributed by atoms with Crippen LogP contribution >= 0.6 is 11.6 Å². The predicted octanol–water partition coefficient (Wildman–Crippen LogP) is 6.01. The molecule has 0 aliphatic heterocycles. The van der Waals surface area contributed by atoms with Gasteiger partial charge in [-0.05, 0) is 43.5 Å². The van der Waals surface area contributed by atoms with E-state index in [1.807, 2.05) is 55.5 Å². The molecule has 2 N–H and O–H groups in total. The quantitative estimate of drug-likeness (QED) is 0.428. The van der Waals surface area contributed by atoms with E-state index in [0.29, 0.717) is 17.1 Å². The lowest BCUT2D eigenvalue weighted by Crippen LogP contribution is -2.13. The minimum atomic E-state index is -0.421. The van der Waals surface area contributed by atoms with E-state index < -0.39 is 5.91 Å². The van der Waals surface area contributed by atoms with Crippen molar-refractivity contribution >= 4 is 17.5 Å². The summed E-state index contributed by atoms with van der Waals surface area (Å²) in [7, 11) is 1.65. The average molecular weight is 425 g/mol. The highest BCUT2D eigenvalue weighted by molar-refractivity contribution is 6.30. The molecule has 2 aromatic carbocycles. The number of ether oxygens (including phenoxy) is 1. The Morgan fingerprint density at radius 2 is 1.90 bits per heavy atom. The smallest absolute Gasteiger partial charge is 0.251 e. The maximum absolute atomic E-state index is 12.6. The first-order valence-corrected chi connectivity index (χ1v) is 10.7. The van der Waals surface area contributed by atoms with Crippen LogP contribution in [0.4, 0.5) is 0 Å². The minimum absolute atomic E-state index is 0.421. The SMILES string of the molecule is CCCCCc1c(-c2ccccc2OC)c(C(N)=O)c(C)n1Cc1cccc(Cl)c1. The van der Waals surface area contributed by atoms with Crippen LogP contribution in [0.3, 0.4) is 0 Å². The summed E-state index contributed by atoms with van der Waals surface area (Å²) < 4.78 is 7.83. The average Bonchev–Trinajstić information content (AvgIpc) is 3.00. The van der Waals surface area contributed by atoms with Crippen molar-refractivity contribution in [1.29, 1.82) is 0 Å². The largest absolute Gasteiger partial charge is 0.496 e. The third-order valence-corrected chi connectivity index (χ3v) is 5.74. The number of primary amides is 1. The van der Waals surface area contributed by atoms with Gasteiger partial charge in [-0.15, -0.1) is 0 Å². The number of hydrogen-bond donors (Lipinski definition) is 1. The first-order chi connectivity index (χ1) is 14.5. The zero-order valence-corrected chi connectivity index (χ0v) is 18.6. The summed E-state index contributed by atoms with van der Waals surface area (Å²) >= 11 is 6.22. The van der Waals surface area contributed by atoms with Gasteiger partial charge in [0.1, 0.15) is 5.75 Å². The Bertz CT molecular complexity index is 1040. The van der Waals surface area contributed by atoms with E-state index in [4.69, 9.17) is 22.1 Å². The molecule has 30 heavy (non-hydrogen) atoms. The van der Waals surface area contributed by atoms with E-state index in [9.17, 15) is 4.79 Å². The molecular formula is C25H29ClN2O2. The highest BCUT2D eigenvalue weighted by atomic mass is 35.5. The lowest BCUT2D eigenvalue weighted by atomic mass is 9.96. The lowest BCUT2D eigenvalue weighted by molar-refractivity contribution is 0.1000. The molecule has 0 bridgehead atoms. The number of unbranched alkanes of at least 4 members (excludes halogenated alkanes) is 2. The van der Waals surface area contributed by atoms with E-state index in [2.05, 4.69) is 11.5 Å². The van der Waals surface area contributed by atoms with Crippen molar-refractivity contribution in [2.75, 3.05) is 7.11 Å². The minimum Gasteiger partial charge on any atom is -0.496 e. The number of nitrogens with two attached hydrogens (primary N) is 1. The van der Waals surface area contributed by atoms with Crippen LogP contribution in [0, 0.1) is 6.92 Å². The molecule has 0 aliphatic carbocycles. The van der Waals surface area contributed by atoms with Gasteiger partial charge in [0.2, 0.25) is 0 Å². The fraction of sp³-hybridized carbons (Fsp3) is 0.320. The molecule has 3 rings (SSSR count). The number of carbonyl (C=O) groups excluding carboxylic acids is 1. The van der Waals surface area contributed by atoms with Crippen molar-refractivity contribution in [3.8, 4) is 16.9 Å². The standard InChI is InChI=1S/C25H29ClN2O2/c1-4-5-6-13-21-24(20-12-7-8-14-22(20)30-3)23(25(27)29)17(2)28(21)16-18-10-9-11-19(26)15-18/h7-12,14-15H,4-6,13,16H2,1-3H3,(H2,27,29). The zero-order valence-electron chi connectivity index (χ0n) is 17.9. The van der Waals surface area contributed by atoms with Crippen LogP contribution in [0.2, 0.25) is 5.02 Å². The van der Waals surface area contributed by atoms with Gasteiger partial charge in [0, 0.05) is 34.1 Å². The molecule has 0 aliphatic rings. The summed E-state index contributed by atoms with van der Waals surface area (Å²) in [6.07, 6.45) is 4.14. The van der Waals surface area contributed by atoms with E-state index in [-0.39, 0.29) is 0 Å². The second kappa shape index (κ2) is 9.86. The summed E-state index contributed by atoms with van der Waals surface area (Å²) in [5, 5.41) is 0.699. The van der Waals surface area contributed by atoms with Crippen LogP contribution in [0.5, 0.6) is 5.75 Å². The van der Waals surface area contributed by atoms with Gasteiger partial charge in [0.15, 0.2) is 0 Å². The Balaban J connectivity index is 2.24. The first kappa shape index (κ1) is 22.0. The van der Waals surface area contributed by atoms with E-state index in [1.54, 1.807) is 7.11 Å². The monoisotopic (exact) mass is 424 g/mol. The molecule has 158 valence electrons. The molecule has 0 unspecified atom stereocenters. The Kier molecular flexibility index (Phi) is 7.22. The van der Waals surface area contributed by atoms with Crippen LogP contribution in [0.25, 0.3) is 11.1 Å². The van der Waals surface area contributed by atoms with Gasteiger partial charge < -0.3 is 15.0 Å². The van der Waals surface area contributed by atoms with Gasteiger partial charge >= 0.3 is 0 Å². The van der Waals surface area contributed by atoms with Crippen LogP contribution in [-0.4, -0.2) is 17.6 Å². The number of nitrogens with zero attached hydrogens (tertiary/aromatic N) is 1. The number of methoxy groups -OCH3 is 1. The summed E-state index contributed by atoms with van der Waals surface area (Å²) in [5.41, 5.74) is 11.3. The number of halogens is 1. The summed E-state index contributed by atoms with van der Waals surface area (Å²) in [6.45, 7) is 4.78. The maximum Gasteiger partial charge on any atom is 0.251 e. The second-order valence-corrected chi connectivity index (χ2v) is 7.96. The molecule has 3 aromatic rings.